The van der Waals surface area contributed by atoms with Crippen LogP contribution in [0.2, 0.25) is 0 Å². The molecule has 2 aliphatic rings. The Balaban J connectivity index is 1.60. The normalized spacial score (nSPS) is 16.9. The molecule has 1 saturated carbocycles. The Kier molecular flexibility index (Phi) is 7.36. The highest BCUT2D eigenvalue weighted by atomic mass is 16.5. The predicted octanol–water partition coefficient (Wildman–Crippen LogP) is 4.58. The van der Waals surface area contributed by atoms with Crippen molar-refractivity contribution < 1.29 is 14.3 Å². The Bertz CT molecular complexity index is 1110. The number of methoxy groups -OCH3 is 1. The molecule has 0 aromatic heterocycles. The molecule has 0 unspecified atom stereocenters. The largest absolute Gasteiger partial charge is 0.496 e. The van der Waals surface area contributed by atoms with Crippen LogP contribution >= 0.6 is 0 Å². The average Bonchev–Trinajstić information content (AvgIpc) is 3.18. The Morgan fingerprint density at radius 2 is 1.80 bits per heavy atom. The van der Waals surface area contributed by atoms with Crippen LogP contribution in [0.15, 0.2) is 30.3 Å². The van der Waals surface area contributed by atoms with Gasteiger partial charge in [-0.2, -0.15) is 0 Å². The van der Waals surface area contributed by atoms with E-state index in [1.807, 2.05) is 50.2 Å². The molecule has 0 radical (unpaired) electrons. The summed E-state index contributed by atoms with van der Waals surface area (Å²) in [6.07, 6.45) is 4.30. The van der Waals surface area contributed by atoms with Crippen molar-refractivity contribution in [2.75, 3.05) is 44.9 Å². The monoisotopic (exact) mass is 478 g/mol. The molecule has 4 rings (SSSR count). The fourth-order valence-electron chi connectivity index (χ4n) is 5.37. The number of anilines is 2. The van der Waals surface area contributed by atoms with E-state index in [0.717, 1.165) is 60.5 Å². The maximum absolute atomic E-state index is 13.9. The number of nitrogens with zero attached hydrogens (tertiary/aromatic N) is 2. The first-order chi connectivity index (χ1) is 16.7. The van der Waals surface area contributed by atoms with Crippen LogP contribution in [-0.2, 0) is 11.3 Å². The molecule has 0 saturated heterocycles. The highest BCUT2D eigenvalue weighted by Crippen LogP contribution is 2.41. The quantitative estimate of drug-likeness (QED) is 0.581. The smallest absolute Gasteiger partial charge is 0.255 e. The lowest BCUT2D eigenvalue weighted by Crippen LogP contribution is -2.58. The van der Waals surface area contributed by atoms with Gasteiger partial charge in [0, 0.05) is 42.6 Å². The molecule has 2 aromatic carbocycles. The minimum atomic E-state index is -0.850. The topological polar surface area (TPSA) is 73.9 Å². The molecule has 1 fully saturated rings. The fraction of sp³-hybridized carbons (Fsp3) is 0.500. The number of benzene rings is 2. The first-order valence-electron chi connectivity index (χ1n) is 12.6. The zero-order valence-corrected chi connectivity index (χ0v) is 21.7. The van der Waals surface area contributed by atoms with Gasteiger partial charge in [-0.15, -0.1) is 0 Å². The number of likely N-dealkylation sites (N-methyl/N-ethyl adjacent to an activating group) is 1. The van der Waals surface area contributed by atoms with Crippen LogP contribution in [0.25, 0.3) is 0 Å². The second kappa shape index (κ2) is 10.3. The van der Waals surface area contributed by atoms with Crippen molar-refractivity contribution in [3.63, 3.8) is 0 Å². The highest BCUT2D eigenvalue weighted by molar-refractivity contribution is 6.06. The molecule has 2 amide bonds. The molecular formula is C28H38N4O3. The van der Waals surface area contributed by atoms with Gasteiger partial charge in [-0.3, -0.25) is 9.59 Å². The van der Waals surface area contributed by atoms with Gasteiger partial charge in [-0.1, -0.05) is 25.3 Å². The molecule has 1 heterocycles. The van der Waals surface area contributed by atoms with Crippen molar-refractivity contribution in [2.45, 2.75) is 58.0 Å². The summed E-state index contributed by atoms with van der Waals surface area (Å²) in [7, 11) is 5.71. The van der Waals surface area contributed by atoms with Gasteiger partial charge in [0.1, 0.15) is 11.3 Å². The summed E-state index contributed by atoms with van der Waals surface area (Å²) < 4.78 is 5.44. The molecule has 2 aromatic rings. The standard InChI is InChI=1S/C28H38N4O3/c1-19-9-10-21(17-25(19)35-5)30-27(34)28(11-7-6-8-12-28)32-18-24-20(2)15-22(16-23(24)26(32)33)29-13-14-31(3)4/h9-10,15-17,29H,6-8,11-14,18H2,1-5H3,(H,30,34). The number of carbonyl (C=O) groups is 2. The van der Waals surface area contributed by atoms with Crippen LogP contribution in [0, 0.1) is 13.8 Å². The van der Waals surface area contributed by atoms with Crippen LogP contribution < -0.4 is 15.4 Å². The fourth-order valence-corrected chi connectivity index (χ4v) is 5.37. The van der Waals surface area contributed by atoms with Crippen molar-refractivity contribution in [2.24, 2.45) is 0 Å². The summed E-state index contributed by atoms with van der Waals surface area (Å²) in [5, 5.41) is 6.55. The van der Waals surface area contributed by atoms with Gasteiger partial charge in [0.05, 0.1) is 7.11 Å². The number of aryl methyl sites for hydroxylation is 2. The number of amides is 2. The third-order valence-corrected chi connectivity index (χ3v) is 7.44. The second-order valence-electron chi connectivity index (χ2n) is 10.2. The first kappa shape index (κ1) is 25.0. The van der Waals surface area contributed by atoms with Gasteiger partial charge in [0.2, 0.25) is 5.91 Å². The van der Waals surface area contributed by atoms with E-state index in [1.54, 1.807) is 7.11 Å². The van der Waals surface area contributed by atoms with Crippen LogP contribution in [0.3, 0.4) is 0 Å². The lowest BCUT2D eigenvalue weighted by atomic mass is 9.79. The van der Waals surface area contributed by atoms with E-state index in [9.17, 15) is 9.59 Å². The molecule has 7 nitrogen and oxygen atoms in total. The Morgan fingerprint density at radius 3 is 2.49 bits per heavy atom. The summed E-state index contributed by atoms with van der Waals surface area (Å²) >= 11 is 0. The minimum Gasteiger partial charge on any atom is -0.496 e. The molecule has 2 N–H and O–H groups in total. The molecule has 0 spiro atoms. The SMILES string of the molecule is COc1cc(NC(=O)C2(N3Cc4c(C)cc(NCCN(C)C)cc4C3=O)CCCCC2)ccc1C. The third kappa shape index (κ3) is 5.01. The zero-order valence-electron chi connectivity index (χ0n) is 21.7. The van der Waals surface area contributed by atoms with Crippen LogP contribution in [0.1, 0.15) is 59.2 Å². The molecule has 1 aliphatic carbocycles. The van der Waals surface area contributed by atoms with Crippen molar-refractivity contribution in [1.29, 1.82) is 0 Å². The number of hydrogen-bond acceptors (Lipinski definition) is 5. The Hall–Kier alpha value is -3.06. The predicted molar refractivity (Wildman–Crippen MR) is 140 cm³/mol. The number of ether oxygens (including phenoxy) is 1. The second-order valence-corrected chi connectivity index (χ2v) is 10.2. The lowest BCUT2D eigenvalue weighted by Gasteiger charge is -2.43. The summed E-state index contributed by atoms with van der Waals surface area (Å²) in [6, 6.07) is 9.74. The van der Waals surface area contributed by atoms with Gasteiger partial charge in [0.15, 0.2) is 0 Å². The van der Waals surface area contributed by atoms with Gasteiger partial charge in [-0.05, 0) is 75.7 Å². The Morgan fingerprint density at radius 1 is 1.06 bits per heavy atom. The van der Waals surface area contributed by atoms with Crippen molar-refractivity contribution in [3.05, 3.63) is 52.6 Å². The maximum Gasteiger partial charge on any atom is 0.255 e. The molecule has 0 bridgehead atoms. The Labute approximate surface area is 208 Å². The summed E-state index contributed by atoms with van der Waals surface area (Å²) in [5.74, 6) is 0.583. The van der Waals surface area contributed by atoms with Gasteiger partial charge in [-0.25, -0.2) is 0 Å². The summed E-state index contributed by atoms with van der Waals surface area (Å²) in [4.78, 5) is 31.6. The van der Waals surface area contributed by atoms with E-state index in [1.165, 1.54) is 0 Å². The van der Waals surface area contributed by atoms with Gasteiger partial charge >= 0.3 is 0 Å². The van der Waals surface area contributed by atoms with E-state index < -0.39 is 5.54 Å². The summed E-state index contributed by atoms with van der Waals surface area (Å²) in [5.41, 5.74) is 4.63. The molecule has 35 heavy (non-hydrogen) atoms. The van der Waals surface area contributed by atoms with E-state index in [4.69, 9.17) is 4.74 Å². The molecular weight excluding hydrogens is 440 g/mol. The molecule has 188 valence electrons. The summed E-state index contributed by atoms with van der Waals surface area (Å²) in [6.45, 7) is 6.21. The number of rotatable bonds is 8. The highest BCUT2D eigenvalue weighted by Gasteiger charge is 2.50. The van der Waals surface area contributed by atoms with Crippen LogP contribution in [-0.4, -0.2) is 61.4 Å². The van der Waals surface area contributed by atoms with Crippen molar-refractivity contribution >= 4 is 23.2 Å². The lowest BCUT2D eigenvalue weighted by molar-refractivity contribution is -0.129. The number of nitrogens with one attached hydrogen (secondary N) is 2. The first-order valence-corrected chi connectivity index (χ1v) is 12.6. The number of fused-ring (bicyclic) bond motifs is 1. The van der Waals surface area contributed by atoms with Gasteiger partial charge in [0.25, 0.3) is 5.91 Å². The van der Waals surface area contributed by atoms with Crippen LogP contribution in [0.5, 0.6) is 5.75 Å². The van der Waals surface area contributed by atoms with E-state index in [2.05, 4.69) is 28.5 Å². The van der Waals surface area contributed by atoms with E-state index >= 15 is 0 Å². The van der Waals surface area contributed by atoms with Crippen LogP contribution in [0.4, 0.5) is 11.4 Å². The number of hydrogen-bond donors (Lipinski definition) is 2. The third-order valence-electron chi connectivity index (χ3n) is 7.44. The minimum absolute atomic E-state index is 0.0436. The molecule has 0 atom stereocenters. The zero-order chi connectivity index (χ0) is 25.2. The molecule has 1 aliphatic heterocycles. The number of carbonyl (C=O) groups excluding carboxylic acids is 2. The van der Waals surface area contributed by atoms with E-state index in [0.29, 0.717) is 30.6 Å². The maximum atomic E-state index is 13.9. The van der Waals surface area contributed by atoms with Gasteiger partial charge < -0.3 is 25.2 Å². The average molecular weight is 479 g/mol. The van der Waals surface area contributed by atoms with Crippen molar-refractivity contribution in [1.82, 2.24) is 9.80 Å². The van der Waals surface area contributed by atoms with E-state index in [-0.39, 0.29) is 11.8 Å². The van der Waals surface area contributed by atoms with Crippen molar-refractivity contribution in [3.8, 4) is 5.75 Å². The molecule has 7 heteroatoms.